The monoisotopic (exact) mass is 315 g/mol. The molecule has 1 amide bonds. The van der Waals surface area contributed by atoms with Crippen molar-refractivity contribution in [2.75, 3.05) is 27.2 Å². The molecule has 0 N–H and O–H groups in total. The largest absolute Gasteiger partial charge is 0.346 e. The van der Waals surface area contributed by atoms with Crippen LogP contribution in [0.25, 0.3) is 0 Å². The number of unbranched alkanes of at least 4 members (excludes halogenated alkanes) is 1. The quantitative estimate of drug-likeness (QED) is 0.694. The zero-order chi connectivity index (χ0) is 16.0. The van der Waals surface area contributed by atoms with Gasteiger partial charge in [-0.3, -0.25) is 0 Å². The van der Waals surface area contributed by atoms with E-state index in [2.05, 4.69) is 16.7 Å². The molecule has 0 unspecified atom stereocenters. The second kappa shape index (κ2) is 7.32. The fourth-order valence-corrected chi connectivity index (χ4v) is 2.56. The van der Waals surface area contributed by atoms with Gasteiger partial charge in [0.25, 0.3) is 15.2 Å². The van der Waals surface area contributed by atoms with Crippen LogP contribution in [0.2, 0.25) is 0 Å². The minimum atomic E-state index is -3.76. The summed E-state index contributed by atoms with van der Waals surface area (Å²) < 4.78 is 26.5. The summed E-state index contributed by atoms with van der Waals surface area (Å²) in [6.45, 7) is 6.22. The van der Waals surface area contributed by atoms with Crippen LogP contribution in [0.4, 0.5) is 4.79 Å². The number of likely N-dealkylation sites (N-methyl/N-ethyl adjacent to an activating group) is 1. The van der Waals surface area contributed by atoms with Gasteiger partial charge < -0.3 is 4.90 Å². The third kappa shape index (κ3) is 4.11. The number of nitrogens with zero attached hydrogens (tertiary/aromatic N) is 5. The van der Waals surface area contributed by atoms with Crippen molar-refractivity contribution in [2.24, 2.45) is 0 Å². The van der Waals surface area contributed by atoms with E-state index in [1.165, 1.54) is 16.3 Å². The average molecular weight is 315 g/mol. The maximum absolute atomic E-state index is 12.2. The molecule has 0 saturated heterocycles. The first-order valence-corrected chi connectivity index (χ1v) is 8.03. The summed E-state index contributed by atoms with van der Waals surface area (Å²) in [5, 5.41) is 3.39. The summed E-state index contributed by atoms with van der Waals surface area (Å²) in [6.07, 6.45) is 4.29. The lowest BCUT2D eigenvalue weighted by atomic mass is 10.3. The summed E-state index contributed by atoms with van der Waals surface area (Å²) in [6, 6.07) is -0.472. The zero-order valence-electron chi connectivity index (χ0n) is 12.6. The summed E-state index contributed by atoms with van der Waals surface area (Å²) in [5.41, 5.74) is 0. The maximum Gasteiger partial charge on any atom is 0.346 e. The standard InChI is InChI=1S/C12H21N5O3S/c1-5-7-9-16(4)21(19,20)11-13-10-17(14-11)12(18)15(3)8-6-2/h6,10H,2,5,7-9H2,1,3-4H3. The van der Waals surface area contributed by atoms with E-state index in [4.69, 9.17) is 0 Å². The molecule has 0 fully saturated rings. The van der Waals surface area contributed by atoms with Crippen LogP contribution in [0.15, 0.2) is 24.1 Å². The Morgan fingerprint density at radius 2 is 2.14 bits per heavy atom. The van der Waals surface area contributed by atoms with E-state index in [0.717, 1.165) is 23.9 Å². The molecule has 9 heteroatoms. The van der Waals surface area contributed by atoms with Gasteiger partial charge in [-0.1, -0.05) is 19.4 Å². The van der Waals surface area contributed by atoms with Gasteiger partial charge in [0.2, 0.25) is 0 Å². The Morgan fingerprint density at radius 1 is 1.48 bits per heavy atom. The van der Waals surface area contributed by atoms with Crippen molar-refractivity contribution in [3.05, 3.63) is 19.0 Å². The number of amides is 1. The van der Waals surface area contributed by atoms with Crippen molar-refractivity contribution in [3.8, 4) is 0 Å². The third-order valence-corrected chi connectivity index (χ3v) is 4.52. The van der Waals surface area contributed by atoms with Gasteiger partial charge in [0.05, 0.1) is 0 Å². The predicted molar refractivity (Wildman–Crippen MR) is 78.4 cm³/mol. The minimum absolute atomic E-state index is 0.331. The molecule has 0 aromatic carbocycles. The molecule has 0 radical (unpaired) electrons. The van der Waals surface area contributed by atoms with Crippen molar-refractivity contribution >= 4 is 16.1 Å². The highest BCUT2D eigenvalue weighted by molar-refractivity contribution is 7.88. The number of hydrogen-bond acceptors (Lipinski definition) is 5. The van der Waals surface area contributed by atoms with Crippen LogP contribution < -0.4 is 0 Å². The number of hydrogen-bond donors (Lipinski definition) is 0. The second-order valence-electron chi connectivity index (χ2n) is 4.60. The number of sulfonamides is 1. The van der Waals surface area contributed by atoms with Crippen molar-refractivity contribution in [2.45, 2.75) is 24.9 Å². The molecule has 118 valence electrons. The molecule has 0 atom stereocenters. The molecular formula is C12H21N5O3S. The second-order valence-corrected chi connectivity index (χ2v) is 6.54. The summed E-state index contributed by atoms with van der Waals surface area (Å²) in [7, 11) is -0.730. The van der Waals surface area contributed by atoms with Gasteiger partial charge in [0, 0.05) is 27.2 Å². The van der Waals surface area contributed by atoms with Crippen LogP contribution in [0.1, 0.15) is 19.8 Å². The van der Waals surface area contributed by atoms with Gasteiger partial charge in [0.1, 0.15) is 6.33 Å². The lowest BCUT2D eigenvalue weighted by molar-refractivity contribution is 0.211. The Morgan fingerprint density at radius 3 is 2.71 bits per heavy atom. The normalized spacial score (nSPS) is 11.6. The highest BCUT2D eigenvalue weighted by Crippen LogP contribution is 2.09. The minimum Gasteiger partial charge on any atom is -0.322 e. The highest BCUT2D eigenvalue weighted by Gasteiger charge is 2.26. The molecule has 1 rings (SSSR count). The van der Waals surface area contributed by atoms with Crippen LogP contribution in [0.5, 0.6) is 0 Å². The van der Waals surface area contributed by atoms with E-state index in [1.54, 1.807) is 13.1 Å². The molecule has 0 aliphatic carbocycles. The Balaban J connectivity index is 2.92. The van der Waals surface area contributed by atoms with E-state index in [1.807, 2.05) is 6.92 Å². The number of rotatable bonds is 7. The molecule has 0 bridgehead atoms. The van der Waals surface area contributed by atoms with Gasteiger partial charge >= 0.3 is 6.03 Å². The van der Waals surface area contributed by atoms with E-state index in [0.29, 0.717) is 13.1 Å². The molecule has 21 heavy (non-hydrogen) atoms. The first-order chi connectivity index (χ1) is 9.84. The Labute approximate surface area is 125 Å². The van der Waals surface area contributed by atoms with Crippen LogP contribution in [0.3, 0.4) is 0 Å². The maximum atomic E-state index is 12.2. The first-order valence-electron chi connectivity index (χ1n) is 6.59. The molecule has 0 spiro atoms. The predicted octanol–water partition coefficient (Wildman–Crippen LogP) is 0.785. The Hall–Kier alpha value is -1.74. The molecule has 0 aliphatic heterocycles. The molecular weight excluding hydrogens is 294 g/mol. The van der Waals surface area contributed by atoms with E-state index in [-0.39, 0.29) is 5.16 Å². The van der Waals surface area contributed by atoms with Crippen LogP contribution in [-0.4, -0.2) is 65.6 Å². The van der Waals surface area contributed by atoms with Gasteiger partial charge in [-0.15, -0.1) is 11.7 Å². The smallest absolute Gasteiger partial charge is 0.322 e. The van der Waals surface area contributed by atoms with Crippen molar-refractivity contribution in [1.29, 1.82) is 0 Å². The Kier molecular flexibility index (Phi) is 6.03. The highest BCUT2D eigenvalue weighted by atomic mass is 32.2. The van der Waals surface area contributed by atoms with Crippen LogP contribution in [0, 0.1) is 0 Å². The van der Waals surface area contributed by atoms with Gasteiger partial charge in [-0.05, 0) is 6.42 Å². The molecule has 1 aromatic heterocycles. The van der Waals surface area contributed by atoms with Gasteiger partial charge in [-0.2, -0.15) is 8.99 Å². The van der Waals surface area contributed by atoms with Gasteiger partial charge in [-0.25, -0.2) is 18.2 Å². The lowest BCUT2D eigenvalue weighted by Crippen LogP contribution is -2.32. The molecule has 1 heterocycles. The SMILES string of the molecule is C=CCN(C)C(=O)n1cnc(S(=O)(=O)N(C)CCCC)n1. The fraction of sp³-hybridized carbons (Fsp3) is 0.583. The lowest BCUT2D eigenvalue weighted by Gasteiger charge is -2.14. The molecule has 0 aliphatic rings. The third-order valence-electron chi connectivity index (χ3n) is 2.86. The van der Waals surface area contributed by atoms with Crippen molar-refractivity contribution in [1.82, 2.24) is 24.0 Å². The number of carbonyl (C=O) groups excluding carboxylic acids is 1. The topological polar surface area (TPSA) is 88.4 Å². The van der Waals surface area contributed by atoms with Crippen LogP contribution in [-0.2, 0) is 10.0 Å². The molecule has 8 nitrogen and oxygen atoms in total. The van der Waals surface area contributed by atoms with Crippen LogP contribution >= 0.6 is 0 Å². The van der Waals surface area contributed by atoms with E-state index >= 15 is 0 Å². The van der Waals surface area contributed by atoms with Gasteiger partial charge in [0.15, 0.2) is 0 Å². The number of aromatic nitrogens is 3. The van der Waals surface area contributed by atoms with E-state index < -0.39 is 16.1 Å². The summed E-state index contributed by atoms with van der Waals surface area (Å²) in [4.78, 5) is 17.0. The first kappa shape index (κ1) is 17.3. The van der Waals surface area contributed by atoms with E-state index in [9.17, 15) is 13.2 Å². The average Bonchev–Trinajstić information content (AvgIpc) is 2.94. The zero-order valence-corrected chi connectivity index (χ0v) is 13.4. The molecule has 0 saturated carbocycles. The summed E-state index contributed by atoms with van der Waals surface area (Å²) >= 11 is 0. The van der Waals surface area contributed by atoms with Crippen molar-refractivity contribution < 1.29 is 13.2 Å². The van der Waals surface area contributed by atoms with Crippen molar-refractivity contribution in [3.63, 3.8) is 0 Å². The molecule has 1 aromatic rings. The fourth-order valence-electron chi connectivity index (χ4n) is 1.55. The Bertz CT molecular complexity index is 596. The number of carbonyl (C=O) groups is 1. The summed E-state index contributed by atoms with van der Waals surface area (Å²) in [5.74, 6) is 0.